The highest BCUT2D eigenvalue weighted by atomic mass is 32.2. The third-order valence-electron chi connectivity index (χ3n) is 5.22. The Morgan fingerprint density at radius 1 is 1.37 bits per heavy atom. The van der Waals surface area contributed by atoms with Gasteiger partial charge in [-0.25, -0.2) is 13.1 Å². The van der Waals surface area contributed by atoms with Crippen LogP contribution in [-0.4, -0.2) is 70.7 Å². The summed E-state index contributed by atoms with van der Waals surface area (Å²) in [5.74, 6) is 0.820. The second-order valence-electron chi connectivity index (χ2n) is 7.24. The summed E-state index contributed by atoms with van der Waals surface area (Å²) in [6.45, 7) is 4.33. The SMILES string of the molecule is CN=C(NCCNS(=O)(=O)c1cccnc1)N1CCCC2(CCCOC2)C1. The Hall–Kier alpha value is -1.71. The molecule has 3 rings (SSSR count). The van der Waals surface area contributed by atoms with E-state index in [1.54, 1.807) is 19.3 Å². The molecular formula is C18H29N5O3S. The minimum Gasteiger partial charge on any atom is -0.381 e. The molecule has 2 aliphatic heterocycles. The zero-order valence-corrected chi connectivity index (χ0v) is 16.7. The van der Waals surface area contributed by atoms with Crippen LogP contribution in [0.25, 0.3) is 0 Å². The molecule has 0 bridgehead atoms. The van der Waals surface area contributed by atoms with E-state index in [4.69, 9.17) is 4.74 Å². The number of pyridine rings is 1. The third-order valence-corrected chi connectivity index (χ3v) is 6.67. The Kier molecular flexibility index (Phi) is 6.67. The number of sulfonamides is 1. The number of nitrogens with zero attached hydrogens (tertiary/aromatic N) is 3. The van der Waals surface area contributed by atoms with Crippen molar-refractivity contribution in [2.45, 2.75) is 30.6 Å². The zero-order valence-electron chi connectivity index (χ0n) is 15.9. The van der Waals surface area contributed by atoms with Gasteiger partial charge >= 0.3 is 0 Å². The standard InChI is InChI=1S/C18H29N5O3S/c1-19-17(23-11-3-6-18(14-23)7-4-12-26-15-18)21-9-10-22-27(24,25)16-5-2-8-20-13-16/h2,5,8,13,22H,3-4,6-7,9-12,14-15H2,1H3,(H,19,21). The molecule has 8 nitrogen and oxygen atoms in total. The van der Waals surface area contributed by atoms with E-state index in [2.05, 4.69) is 24.9 Å². The molecule has 0 amide bonds. The molecule has 1 spiro atoms. The van der Waals surface area contributed by atoms with Crippen molar-refractivity contribution in [2.75, 3.05) is 46.4 Å². The van der Waals surface area contributed by atoms with Crippen LogP contribution in [0.5, 0.6) is 0 Å². The maximum atomic E-state index is 12.2. The van der Waals surface area contributed by atoms with Gasteiger partial charge < -0.3 is 15.0 Å². The summed E-state index contributed by atoms with van der Waals surface area (Å²) in [6.07, 6.45) is 7.53. The van der Waals surface area contributed by atoms with Gasteiger partial charge in [0.15, 0.2) is 5.96 Å². The van der Waals surface area contributed by atoms with Crippen molar-refractivity contribution in [1.29, 1.82) is 0 Å². The Morgan fingerprint density at radius 3 is 2.93 bits per heavy atom. The Labute approximate surface area is 161 Å². The van der Waals surface area contributed by atoms with Crippen LogP contribution in [-0.2, 0) is 14.8 Å². The molecule has 0 radical (unpaired) electrons. The number of ether oxygens (including phenoxy) is 1. The maximum absolute atomic E-state index is 12.2. The molecule has 1 aromatic rings. The second kappa shape index (κ2) is 8.99. The van der Waals surface area contributed by atoms with Crippen molar-refractivity contribution in [1.82, 2.24) is 19.9 Å². The number of nitrogens with one attached hydrogen (secondary N) is 2. The smallest absolute Gasteiger partial charge is 0.242 e. The van der Waals surface area contributed by atoms with E-state index in [0.717, 1.165) is 45.1 Å². The summed E-state index contributed by atoms with van der Waals surface area (Å²) in [4.78, 5) is 10.7. The molecule has 150 valence electrons. The first kappa shape index (κ1) is 20.0. The van der Waals surface area contributed by atoms with Crippen LogP contribution in [0.1, 0.15) is 25.7 Å². The molecule has 1 unspecified atom stereocenters. The van der Waals surface area contributed by atoms with E-state index in [1.807, 2.05) is 0 Å². The van der Waals surface area contributed by atoms with Gasteiger partial charge in [-0.05, 0) is 37.8 Å². The summed E-state index contributed by atoms with van der Waals surface area (Å²) >= 11 is 0. The monoisotopic (exact) mass is 395 g/mol. The minimum atomic E-state index is -3.53. The Balaban J connectivity index is 1.49. The van der Waals surface area contributed by atoms with Crippen LogP contribution < -0.4 is 10.0 Å². The van der Waals surface area contributed by atoms with E-state index in [1.165, 1.54) is 25.1 Å². The minimum absolute atomic E-state index is 0.171. The van der Waals surface area contributed by atoms with E-state index < -0.39 is 10.0 Å². The van der Waals surface area contributed by atoms with Gasteiger partial charge in [-0.15, -0.1) is 0 Å². The number of aromatic nitrogens is 1. The number of piperidine rings is 1. The molecule has 2 fully saturated rings. The third kappa shape index (κ3) is 5.18. The average molecular weight is 396 g/mol. The molecule has 0 aliphatic carbocycles. The lowest BCUT2D eigenvalue weighted by molar-refractivity contribution is -0.0370. The molecule has 0 aromatic carbocycles. The predicted octanol–water partition coefficient (Wildman–Crippen LogP) is 0.828. The molecule has 2 N–H and O–H groups in total. The van der Waals surface area contributed by atoms with Crippen LogP contribution in [0.15, 0.2) is 34.4 Å². The molecule has 1 aromatic heterocycles. The van der Waals surface area contributed by atoms with Crippen molar-refractivity contribution in [3.63, 3.8) is 0 Å². The van der Waals surface area contributed by atoms with Crippen molar-refractivity contribution in [3.05, 3.63) is 24.5 Å². The van der Waals surface area contributed by atoms with Crippen molar-refractivity contribution >= 4 is 16.0 Å². The lowest BCUT2D eigenvalue weighted by atomic mass is 9.76. The first-order valence-electron chi connectivity index (χ1n) is 9.48. The normalized spacial score (nSPS) is 24.2. The van der Waals surface area contributed by atoms with Gasteiger partial charge in [0.05, 0.1) is 6.61 Å². The molecule has 2 saturated heterocycles. The predicted molar refractivity (Wildman–Crippen MR) is 104 cm³/mol. The first-order valence-corrected chi connectivity index (χ1v) is 11.0. The molecule has 1 atom stereocenters. The largest absolute Gasteiger partial charge is 0.381 e. The summed E-state index contributed by atoms with van der Waals surface area (Å²) in [5, 5.41) is 3.28. The number of guanidine groups is 1. The fourth-order valence-corrected chi connectivity index (χ4v) is 4.90. The number of hydrogen-bond acceptors (Lipinski definition) is 5. The molecular weight excluding hydrogens is 366 g/mol. The number of likely N-dealkylation sites (tertiary alicyclic amines) is 1. The van der Waals surface area contributed by atoms with Crippen LogP contribution in [0.2, 0.25) is 0 Å². The van der Waals surface area contributed by atoms with Gasteiger partial charge in [-0.1, -0.05) is 0 Å². The van der Waals surface area contributed by atoms with E-state index in [0.29, 0.717) is 6.54 Å². The first-order chi connectivity index (χ1) is 13.0. The second-order valence-corrected chi connectivity index (χ2v) is 9.01. The topological polar surface area (TPSA) is 95.9 Å². The van der Waals surface area contributed by atoms with Gasteiger partial charge in [-0.2, -0.15) is 0 Å². The highest BCUT2D eigenvalue weighted by molar-refractivity contribution is 7.89. The van der Waals surface area contributed by atoms with Gasteiger partial charge in [0.25, 0.3) is 0 Å². The Bertz CT molecular complexity index is 727. The van der Waals surface area contributed by atoms with E-state index in [9.17, 15) is 8.42 Å². The summed E-state index contributed by atoms with van der Waals surface area (Å²) < 4.78 is 32.8. The highest BCUT2D eigenvalue weighted by Crippen LogP contribution is 2.37. The van der Waals surface area contributed by atoms with Crippen molar-refractivity contribution in [3.8, 4) is 0 Å². The van der Waals surface area contributed by atoms with Gasteiger partial charge in [0.1, 0.15) is 4.90 Å². The van der Waals surface area contributed by atoms with Crippen LogP contribution in [0, 0.1) is 5.41 Å². The molecule has 0 saturated carbocycles. The Morgan fingerprint density at radius 2 is 2.22 bits per heavy atom. The van der Waals surface area contributed by atoms with Gasteiger partial charge in [-0.3, -0.25) is 9.98 Å². The van der Waals surface area contributed by atoms with E-state index >= 15 is 0 Å². The summed E-state index contributed by atoms with van der Waals surface area (Å²) in [6, 6.07) is 3.14. The number of aliphatic imine (C=N–C) groups is 1. The fraction of sp³-hybridized carbons (Fsp3) is 0.667. The van der Waals surface area contributed by atoms with Crippen LogP contribution in [0.4, 0.5) is 0 Å². The van der Waals surface area contributed by atoms with Crippen LogP contribution >= 0.6 is 0 Å². The summed E-state index contributed by atoms with van der Waals surface area (Å²) in [7, 11) is -1.77. The lowest BCUT2D eigenvalue weighted by Gasteiger charge is -2.45. The molecule has 2 aliphatic rings. The molecule has 27 heavy (non-hydrogen) atoms. The van der Waals surface area contributed by atoms with Gasteiger partial charge in [0, 0.05) is 57.6 Å². The number of rotatable bonds is 5. The van der Waals surface area contributed by atoms with E-state index in [-0.39, 0.29) is 16.9 Å². The summed E-state index contributed by atoms with van der Waals surface area (Å²) in [5.41, 5.74) is 0.232. The molecule has 3 heterocycles. The highest BCUT2D eigenvalue weighted by Gasteiger charge is 2.38. The maximum Gasteiger partial charge on any atom is 0.242 e. The average Bonchev–Trinajstić information content (AvgIpc) is 2.69. The van der Waals surface area contributed by atoms with Gasteiger partial charge in [0.2, 0.25) is 10.0 Å². The number of hydrogen-bond donors (Lipinski definition) is 2. The fourth-order valence-electron chi connectivity index (χ4n) is 3.90. The van der Waals surface area contributed by atoms with Crippen molar-refractivity contribution in [2.24, 2.45) is 10.4 Å². The molecule has 9 heteroatoms. The van der Waals surface area contributed by atoms with Crippen molar-refractivity contribution < 1.29 is 13.2 Å². The zero-order chi connectivity index (χ0) is 19.2. The lowest BCUT2D eigenvalue weighted by Crippen LogP contribution is -2.53. The van der Waals surface area contributed by atoms with Crippen LogP contribution in [0.3, 0.4) is 0 Å². The quantitative estimate of drug-likeness (QED) is 0.436.